The summed E-state index contributed by atoms with van der Waals surface area (Å²) in [6, 6.07) is 0. The van der Waals surface area contributed by atoms with Crippen LogP contribution in [0.2, 0.25) is 0 Å². The van der Waals surface area contributed by atoms with Crippen LogP contribution in [0.4, 0.5) is 0 Å². The Bertz CT molecular complexity index is 325. The van der Waals surface area contributed by atoms with Gasteiger partial charge in [-0.2, -0.15) is 0 Å². The molecule has 0 bridgehead atoms. The number of ether oxygens (including phenoxy) is 2. The normalized spacial score (nSPS) is 32.0. The Morgan fingerprint density at radius 1 is 1.00 bits per heavy atom. The Morgan fingerprint density at radius 3 is 2.59 bits per heavy atom. The summed E-state index contributed by atoms with van der Waals surface area (Å²) < 4.78 is 11.7. The van der Waals surface area contributed by atoms with Crippen molar-refractivity contribution in [3.05, 3.63) is 0 Å². The number of rotatable bonds is 10. The number of aldehydes is 2. The lowest BCUT2D eigenvalue weighted by molar-refractivity contribution is -0.194. The fraction of sp³-hybridized carbons (Fsp3) is 0.889. The van der Waals surface area contributed by atoms with Crippen molar-refractivity contribution in [3.8, 4) is 0 Å². The fourth-order valence-electron chi connectivity index (χ4n) is 3.76. The largest absolute Gasteiger partial charge is 0.353 e. The van der Waals surface area contributed by atoms with E-state index in [-0.39, 0.29) is 18.3 Å². The molecular weight excluding hydrogens is 280 g/mol. The van der Waals surface area contributed by atoms with Gasteiger partial charge in [-0.05, 0) is 50.9 Å². The maximum atomic E-state index is 11.5. The van der Waals surface area contributed by atoms with Crippen molar-refractivity contribution in [1.82, 2.24) is 0 Å². The topological polar surface area (TPSA) is 52.6 Å². The zero-order valence-electron chi connectivity index (χ0n) is 13.6. The Morgan fingerprint density at radius 2 is 1.86 bits per heavy atom. The zero-order valence-corrected chi connectivity index (χ0v) is 13.6. The van der Waals surface area contributed by atoms with Gasteiger partial charge in [0.05, 0.1) is 6.10 Å². The minimum atomic E-state index is -0.0942. The van der Waals surface area contributed by atoms with Crippen LogP contribution in [-0.4, -0.2) is 31.6 Å². The highest BCUT2D eigenvalue weighted by atomic mass is 16.7. The molecule has 22 heavy (non-hydrogen) atoms. The van der Waals surface area contributed by atoms with Crippen LogP contribution < -0.4 is 0 Å². The van der Waals surface area contributed by atoms with E-state index in [1.54, 1.807) is 0 Å². The number of hydrogen-bond donors (Lipinski definition) is 0. The van der Waals surface area contributed by atoms with Crippen LogP contribution in [0.3, 0.4) is 0 Å². The van der Waals surface area contributed by atoms with E-state index in [4.69, 9.17) is 9.47 Å². The van der Waals surface area contributed by atoms with E-state index < -0.39 is 0 Å². The third kappa shape index (κ3) is 5.47. The van der Waals surface area contributed by atoms with Gasteiger partial charge in [-0.15, -0.1) is 0 Å². The molecule has 0 N–H and O–H groups in total. The first kappa shape index (κ1) is 17.6. The minimum Gasteiger partial charge on any atom is -0.353 e. The molecule has 0 radical (unpaired) electrons. The number of unbranched alkanes of at least 4 members (excludes halogenated alkanes) is 4. The van der Waals surface area contributed by atoms with Crippen LogP contribution in [0.25, 0.3) is 0 Å². The maximum Gasteiger partial charge on any atom is 0.157 e. The molecule has 126 valence electrons. The highest BCUT2D eigenvalue weighted by Gasteiger charge is 2.37. The molecule has 0 aromatic carbocycles. The lowest BCUT2D eigenvalue weighted by Crippen LogP contribution is -2.32. The van der Waals surface area contributed by atoms with E-state index in [1.807, 2.05) is 0 Å². The number of carbonyl (C=O) groups excluding carboxylic acids is 2. The maximum absolute atomic E-state index is 11.5. The smallest absolute Gasteiger partial charge is 0.157 e. The monoisotopic (exact) mass is 310 g/mol. The second-order valence-electron chi connectivity index (χ2n) is 6.68. The zero-order chi connectivity index (χ0) is 15.6. The van der Waals surface area contributed by atoms with Crippen molar-refractivity contribution in [2.24, 2.45) is 11.8 Å². The molecule has 0 spiro atoms. The molecular formula is C18H30O4. The van der Waals surface area contributed by atoms with Gasteiger partial charge in [0.1, 0.15) is 12.6 Å². The van der Waals surface area contributed by atoms with Crippen LogP contribution in [0.5, 0.6) is 0 Å². The lowest BCUT2D eigenvalue weighted by Gasteiger charge is -2.28. The molecule has 2 rings (SSSR count). The van der Waals surface area contributed by atoms with Crippen molar-refractivity contribution < 1.29 is 19.1 Å². The average Bonchev–Trinajstić information content (AvgIpc) is 2.93. The van der Waals surface area contributed by atoms with Crippen molar-refractivity contribution in [1.29, 1.82) is 0 Å². The van der Waals surface area contributed by atoms with E-state index in [1.165, 1.54) is 0 Å². The summed E-state index contributed by atoms with van der Waals surface area (Å²) in [6.45, 7) is 0.785. The van der Waals surface area contributed by atoms with Gasteiger partial charge >= 0.3 is 0 Å². The molecule has 4 atom stereocenters. The predicted molar refractivity (Wildman–Crippen MR) is 84.5 cm³/mol. The van der Waals surface area contributed by atoms with Crippen LogP contribution >= 0.6 is 0 Å². The molecule has 1 saturated heterocycles. The summed E-state index contributed by atoms with van der Waals surface area (Å²) in [5.41, 5.74) is 0. The highest BCUT2D eigenvalue weighted by molar-refractivity contribution is 5.55. The Kier molecular flexibility index (Phi) is 8.10. The van der Waals surface area contributed by atoms with Crippen LogP contribution in [0, 0.1) is 11.8 Å². The van der Waals surface area contributed by atoms with Gasteiger partial charge in [0, 0.05) is 18.9 Å². The quantitative estimate of drug-likeness (QED) is 0.456. The molecule has 0 amide bonds. The standard InChI is InChI=1S/C18H30O4/c19-12-6-3-1-2-4-8-15-10-11-17(16(15)14-20)22-18-9-5-7-13-21-18/h12,14-18H,1-11,13H2. The van der Waals surface area contributed by atoms with Crippen LogP contribution in [-0.2, 0) is 19.1 Å². The lowest BCUT2D eigenvalue weighted by atomic mass is 9.90. The molecule has 2 fully saturated rings. The van der Waals surface area contributed by atoms with Crippen molar-refractivity contribution in [3.63, 3.8) is 0 Å². The van der Waals surface area contributed by atoms with Gasteiger partial charge in [0.25, 0.3) is 0 Å². The Labute approximate surface area is 133 Å². The number of hydrogen-bond acceptors (Lipinski definition) is 4. The Hall–Kier alpha value is -0.740. The molecule has 1 heterocycles. The summed E-state index contributed by atoms with van der Waals surface area (Å²) in [4.78, 5) is 21.7. The summed E-state index contributed by atoms with van der Waals surface area (Å²) >= 11 is 0. The first-order valence-corrected chi connectivity index (χ1v) is 9.01. The van der Waals surface area contributed by atoms with Gasteiger partial charge < -0.3 is 19.1 Å². The van der Waals surface area contributed by atoms with E-state index in [0.29, 0.717) is 12.3 Å². The van der Waals surface area contributed by atoms with E-state index in [0.717, 1.165) is 83.4 Å². The predicted octanol–water partition coefficient (Wildman–Crippen LogP) is 3.66. The van der Waals surface area contributed by atoms with Crippen molar-refractivity contribution >= 4 is 12.6 Å². The van der Waals surface area contributed by atoms with Gasteiger partial charge in [-0.1, -0.05) is 19.3 Å². The number of carbonyl (C=O) groups is 2. The summed E-state index contributed by atoms with van der Waals surface area (Å²) in [6.07, 6.45) is 13.6. The molecule has 1 aliphatic heterocycles. The minimum absolute atomic E-state index is 0.0421. The van der Waals surface area contributed by atoms with Crippen molar-refractivity contribution in [2.75, 3.05) is 6.61 Å². The van der Waals surface area contributed by atoms with Crippen LogP contribution in [0.1, 0.15) is 70.6 Å². The summed E-state index contributed by atoms with van der Waals surface area (Å²) in [5, 5.41) is 0. The first-order valence-electron chi connectivity index (χ1n) is 9.01. The van der Waals surface area contributed by atoms with Crippen molar-refractivity contribution in [2.45, 2.75) is 83.0 Å². The molecule has 1 aliphatic carbocycles. The van der Waals surface area contributed by atoms with E-state index in [2.05, 4.69) is 0 Å². The highest BCUT2D eigenvalue weighted by Crippen LogP contribution is 2.37. The molecule has 1 saturated carbocycles. The second-order valence-corrected chi connectivity index (χ2v) is 6.68. The summed E-state index contributed by atoms with van der Waals surface area (Å²) in [5.74, 6) is 0.512. The third-order valence-corrected chi connectivity index (χ3v) is 5.06. The molecule has 0 aromatic heterocycles. The first-order chi connectivity index (χ1) is 10.8. The van der Waals surface area contributed by atoms with Crippen LogP contribution in [0.15, 0.2) is 0 Å². The molecule has 0 aromatic rings. The Balaban J connectivity index is 1.67. The molecule has 4 heteroatoms. The third-order valence-electron chi connectivity index (χ3n) is 5.06. The molecule has 2 aliphatic rings. The second kappa shape index (κ2) is 10.1. The SMILES string of the molecule is O=CCCCCCCC1CCC(OC2CCCCO2)C1C=O. The fourth-order valence-corrected chi connectivity index (χ4v) is 3.76. The molecule has 4 nitrogen and oxygen atoms in total. The van der Waals surface area contributed by atoms with E-state index >= 15 is 0 Å². The van der Waals surface area contributed by atoms with Gasteiger partial charge in [-0.3, -0.25) is 0 Å². The van der Waals surface area contributed by atoms with Gasteiger partial charge in [-0.25, -0.2) is 0 Å². The van der Waals surface area contributed by atoms with E-state index in [9.17, 15) is 9.59 Å². The van der Waals surface area contributed by atoms with Gasteiger partial charge in [0.15, 0.2) is 6.29 Å². The molecule has 4 unspecified atom stereocenters. The van der Waals surface area contributed by atoms with Gasteiger partial charge in [0.2, 0.25) is 0 Å². The summed E-state index contributed by atoms with van der Waals surface area (Å²) in [7, 11) is 0. The average molecular weight is 310 g/mol.